The lowest BCUT2D eigenvalue weighted by atomic mass is 10.1. The number of aliphatic hydroxyl groups is 1. The van der Waals surface area contributed by atoms with Crippen molar-refractivity contribution in [2.75, 3.05) is 16.8 Å². The average Bonchev–Trinajstić information content (AvgIpc) is 3.27. The van der Waals surface area contributed by atoms with E-state index in [-0.39, 0.29) is 18.4 Å². The number of rotatable bonds is 5. The molecule has 0 spiro atoms. The van der Waals surface area contributed by atoms with E-state index in [2.05, 4.69) is 20.3 Å². The molecule has 0 aliphatic carbocycles. The normalized spacial score (nSPS) is 18.9. The molecule has 3 atom stereocenters. The van der Waals surface area contributed by atoms with E-state index in [1.54, 1.807) is 44.3 Å². The Bertz CT molecular complexity index is 1020. The number of fused-ring (bicyclic) bond motifs is 1. The highest BCUT2D eigenvalue weighted by Crippen LogP contribution is 2.31. The molecule has 1 aromatic carbocycles. The van der Waals surface area contributed by atoms with Crippen LogP contribution in [0.1, 0.15) is 25.5 Å². The highest BCUT2D eigenvalue weighted by molar-refractivity contribution is 5.99. The van der Waals surface area contributed by atoms with Gasteiger partial charge in [-0.1, -0.05) is 18.2 Å². The second-order valence-corrected chi connectivity index (χ2v) is 6.75. The van der Waals surface area contributed by atoms with E-state index in [1.807, 2.05) is 0 Å². The van der Waals surface area contributed by atoms with E-state index in [9.17, 15) is 14.3 Å². The quantitative estimate of drug-likeness (QED) is 0.624. The van der Waals surface area contributed by atoms with Gasteiger partial charge in [0.1, 0.15) is 24.1 Å². The molecule has 2 aromatic heterocycles. The lowest BCUT2D eigenvalue weighted by Gasteiger charge is -2.24. The van der Waals surface area contributed by atoms with Gasteiger partial charge in [-0.2, -0.15) is 9.97 Å². The van der Waals surface area contributed by atoms with Crippen LogP contribution < -0.4 is 10.2 Å². The molecule has 1 aliphatic rings. The summed E-state index contributed by atoms with van der Waals surface area (Å²) in [4.78, 5) is 25.5. The number of carbonyl (C=O) groups is 1. The Hall–Kier alpha value is -3.20. The highest BCUT2D eigenvalue weighted by atomic mass is 19.1. The Balaban J connectivity index is 1.73. The van der Waals surface area contributed by atoms with Crippen molar-refractivity contribution in [1.82, 2.24) is 15.0 Å². The number of nitrogens with zero attached hydrogens (tertiary/aromatic N) is 3. The number of nitrogens with one attached hydrogen (secondary N) is 2. The van der Waals surface area contributed by atoms with Gasteiger partial charge < -0.3 is 20.1 Å². The fourth-order valence-electron chi connectivity index (χ4n) is 3.31. The topological polar surface area (TPSA) is 103 Å². The molecule has 146 valence electrons. The first kappa shape index (κ1) is 18.2. The molecule has 4 rings (SSSR count). The van der Waals surface area contributed by atoms with Crippen molar-refractivity contribution in [3.05, 3.63) is 47.9 Å². The number of anilines is 2. The van der Waals surface area contributed by atoms with E-state index >= 15 is 0 Å². The van der Waals surface area contributed by atoms with Crippen LogP contribution in [0.4, 0.5) is 21.0 Å². The summed E-state index contributed by atoms with van der Waals surface area (Å²) in [5.74, 6) is 0.216. The lowest BCUT2D eigenvalue weighted by Crippen LogP contribution is -2.41. The van der Waals surface area contributed by atoms with Gasteiger partial charge in [0.15, 0.2) is 5.82 Å². The van der Waals surface area contributed by atoms with Crippen LogP contribution in [0.5, 0.6) is 0 Å². The molecule has 1 saturated heterocycles. The molecule has 0 saturated carbocycles. The number of cyclic esters (lactones) is 1. The van der Waals surface area contributed by atoms with Crippen molar-refractivity contribution in [2.45, 2.75) is 32.0 Å². The first-order valence-corrected chi connectivity index (χ1v) is 8.96. The predicted molar refractivity (Wildman–Crippen MR) is 102 cm³/mol. The summed E-state index contributed by atoms with van der Waals surface area (Å²) in [7, 11) is 0. The van der Waals surface area contributed by atoms with Crippen molar-refractivity contribution in [2.24, 2.45) is 0 Å². The summed E-state index contributed by atoms with van der Waals surface area (Å²) >= 11 is 0. The minimum Gasteiger partial charge on any atom is -0.447 e. The van der Waals surface area contributed by atoms with E-state index in [4.69, 9.17) is 4.74 Å². The third kappa shape index (κ3) is 3.13. The summed E-state index contributed by atoms with van der Waals surface area (Å²) in [6.07, 6.45) is 0.301. The van der Waals surface area contributed by atoms with Gasteiger partial charge in [-0.15, -0.1) is 0 Å². The van der Waals surface area contributed by atoms with Crippen LogP contribution in [0.3, 0.4) is 0 Å². The van der Waals surface area contributed by atoms with Gasteiger partial charge in [0.25, 0.3) is 0 Å². The molecule has 0 radical (unpaired) electrons. The van der Waals surface area contributed by atoms with E-state index < -0.39 is 24.3 Å². The third-order valence-electron chi connectivity index (χ3n) is 4.80. The Labute approximate surface area is 160 Å². The van der Waals surface area contributed by atoms with Crippen molar-refractivity contribution in [3.8, 4) is 0 Å². The number of hydrogen-bond acceptors (Lipinski definition) is 6. The van der Waals surface area contributed by atoms with Gasteiger partial charge in [0.05, 0.1) is 17.5 Å². The Kier molecular flexibility index (Phi) is 4.60. The molecule has 0 bridgehead atoms. The molecule has 1 aliphatic heterocycles. The van der Waals surface area contributed by atoms with Gasteiger partial charge in [-0.3, -0.25) is 4.90 Å². The predicted octanol–water partition coefficient (Wildman–Crippen LogP) is 2.98. The molecule has 1 amide bonds. The zero-order valence-corrected chi connectivity index (χ0v) is 15.4. The van der Waals surface area contributed by atoms with Crippen molar-refractivity contribution in [1.29, 1.82) is 0 Å². The number of H-pyrrole nitrogens is 1. The van der Waals surface area contributed by atoms with Crippen LogP contribution >= 0.6 is 0 Å². The highest BCUT2D eigenvalue weighted by Gasteiger charge is 2.39. The fraction of sp³-hybridized carbons (Fsp3) is 0.316. The first-order chi connectivity index (χ1) is 13.5. The summed E-state index contributed by atoms with van der Waals surface area (Å²) in [5, 5.41) is 13.7. The molecule has 3 heterocycles. The van der Waals surface area contributed by atoms with Crippen molar-refractivity contribution >= 4 is 28.9 Å². The van der Waals surface area contributed by atoms with Crippen LogP contribution in [0, 0.1) is 5.82 Å². The van der Waals surface area contributed by atoms with Crippen LogP contribution in [0.2, 0.25) is 0 Å². The minimum atomic E-state index is -0.802. The Morgan fingerprint density at radius 1 is 1.32 bits per heavy atom. The number of aliphatic hydroxyl groups excluding tert-OH is 1. The Morgan fingerprint density at radius 2 is 2.11 bits per heavy atom. The van der Waals surface area contributed by atoms with Gasteiger partial charge in [0.2, 0.25) is 5.95 Å². The zero-order chi connectivity index (χ0) is 19.8. The molecular formula is C19H20FN5O3. The second-order valence-electron chi connectivity index (χ2n) is 6.75. The van der Waals surface area contributed by atoms with E-state index in [1.165, 1.54) is 11.0 Å². The van der Waals surface area contributed by atoms with Gasteiger partial charge in [-0.05, 0) is 26.0 Å². The second kappa shape index (κ2) is 7.08. The van der Waals surface area contributed by atoms with E-state index in [0.29, 0.717) is 22.4 Å². The maximum Gasteiger partial charge on any atom is 0.416 e. The van der Waals surface area contributed by atoms with E-state index in [0.717, 1.165) is 0 Å². The monoisotopic (exact) mass is 385 g/mol. The van der Waals surface area contributed by atoms with Crippen LogP contribution in [-0.4, -0.2) is 44.9 Å². The summed E-state index contributed by atoms with van der Waals surface area (Å²) < 4.78 is 19.2. The number of carbonyl (C=O) groups excluding carboxylic acids is 1. The van der Waals surface area contributed by atoms with Gasteiger partial charge >= 0.3 is 6.09 Å². The zero-order valence-electron chi connectivity index (χ0n) is 15.4. The molecule has 9 heteroatoms. The average molecular weight is 385 g/mol. The summed E-state index contributed by atoms with van der Waals surface area (Å²) in [5.41, 5.74) is 0.985. The Morgan fingerprint density at radius 3 is 2.86 bits per heavy atom. The molecular weight excluding hydrogens is 365 g/mol. The largest absolute Gasteiger partial charge is 0.447 e. The van der Waals surface area contributed by atoms with Gasteiger partial charge in [-0.25, -0.2) is 9.18 Å². The molecule has 28 heavy (non-hydrogen) atoms. The van der Waals surface area contributed by atoms with Gasteiger partial charge in [0, 0.05) is 11.8 Å². The number of benzene rings is 1. The molecule has 3 N–H and O–H groups in total. The van der Waals surface area contributed by atoms with Crippen molar-refractivity contribution < 1.29 is 19.0 Å². The molecule has 3 aromatic rings. The molecule has 0 unspecified atom stereocenters. The third-order valence-corrected chi connectivity index (χ3v) is 4.80. The summed E-state index contributed by atoms with van der Waals surface area (Å²) in [6.45, 7) is 3.46. The number of hydrogen-bond donors (Lipinski definition) is 3. The first-order valence-electron chi connectivity index (χ1n) is 8.96. The molecule has 8 nitrogen and oxygen atoms in total. The number of amides is 1. The maximum atomic E-state index is 14.1. The number of aromatic nitrogens is 3. The number of ether oxygens (including phenoxy) is 1. The molecule has 1 fully saturated rings. The van der Waals surface area contributed by atoms with Crippen molar-refractivity contribution in [3.63, 3.8) is 0 Å². The smallest absolute Gasteiger partial charge is 0.416 e. The van der Waals surface area contributed by atoms with Crippen LogP contribution in [0.15, 0.2) is 36.5 Å². The lowest BCUT2D eigenvalue weighted by molar-refractivity contribution is 0.142. The summed E-state index contributed by atoms with van der Waals surface area (Å²) in [6, 6.07) is 7.24. The van der Waals surface area contributed by atoms with Crippen LogP contribution in [0.25, 0.3) is 11.0 Å². The fourth-order valence-corrected chi connectivity index (χ4v) is 3.31. The maximum absolute atomic E-state index is 14.1. The van der Waals surface area contributed by atoms with Crippen LogP contribution in [-0.2, 0) is 4.74 Å². The number of aromatic amines is 1. The number of halogens is 1. The SMILES string of the molecule is C[C@H](Nc1nc(N2C(=O)OC[C@@H]2[C@@H](C)O)c2cc[nH]c2n1)c1ccccc1F. The minimum absolute atomic E-state index is 0.0702. The standard InChI is InChI=1S/C19H20FN5O3/c1-10(12-5-3-4-6-14(12)20)22-18-23-16-13(7-8-21-16)17(24-18)25-15(11(2)26)9-28-19(25)27/h3-8,10-11,15,26H,9H2,1-2H3,(H2,21,22,23,24)/t10-,11+,15+/m0/s1.